The minimum absolute atomic E-state index is 0.174. The molecular formula is C15H28N4OS. The lowest BCUT2D eigenvalue weighted by atomic mass is 9.99. The highest BCUT2D eigenvalue weighted by Crippen LogP contribution is 2.18. The largest absolute Gasteiger partial charge is 0.392 e. The van der Waals surface area contributed by atoms with Gasteiger partial charge in [-0.15, -0.1) is 0 Å². The van der Waals surface area contributed by atoms with Crippen molar-refractivity contribution in [1.82, 2.24) is 14.7 Å². The molecule has 5 nitrogen and oxygen atoms in total. The quantitative estimate of drug-likeness (QED) is 0.803. The number of carbonyl (C=O) groups is 1. The van der Waals surface area contributed by atoms with E-state index < -0.39 is 0 Å². The summed E-state index contributed by atoms with van der Waals surface area (Å²) >= 11 is 5.14. The Balaban J connectivity index is 1.83. The topological polar surface area (TPSA) is 52.8 Å². The molecule has 0 spiro atoms. The van der Waals surface area contributed by atoms with Gasteiger partial charge in [0.05, 0.1) is 11.0 Å². The van der Waals surface area contributed by atoms with E-state index in [9.17, 15) is 4.79 Å². The van der Waals surface area contributed by atoms with E-state index in [0.717, 1.165) is 64.4 Å². The molecule has 120 valence electrons. The van der Waals surface area contributed by atoms with Gasteiger partial charge < -0.3 is 15.5 Å². The average molecular weight is 312 g/mol. The van der Waals surface area contributed by atoms with Gasteiger partial charge in [-0.25, -0.2) is 4.79 Å². The highest BCUT2D eigenvalue weighted by molar-refractivity contribution is 7.80. The molecular weight excluding hydrogens is 284 g/mol. The number of hydrogen-bond donors (Lipinski definition) is 1. The summed E-state index contributed by atoms with van der Waals surface area (Å²) in [7, 11) is 0. The third kappa shape index (κ3) is 4.07. The summed E-state index contributed by atoms with van der Waals surface area (Å²) in [6.45, 7) is 9.48. The molecule has 6 heteroatoms. The minimum atomic E-state index is 0.174. The Labute approximate surface area is 133 Å². The van der Waals surface area contributed by atoms with Gasteiger partial charge in [-0.3, -0.25) is 4.90 Å². The molecule has 0 bridgehead atoms. The van der Waals surface area contributed by atoms with Crippen molar-refractivity contribution < 1.29 is 4.79 Å². The minimum Gasteiger partial charge on any atom is -0.392 e. The first-order valence-electron chi connectivity index (χ1n) is 8.10. The molecule has 0 aromatic rings. The van der Waals surface area contributed by atoms with Crippen molar-refractivity contribution in [2.45, 2.75) is 39.2 Å². The first kappa shape index (κ1) is 16.5. The first-order valence-corrected chi connectivity index (χ1v) is 8.51. The number of amides is 2. The van der Waals surface area contributed by atoms with Gasteiger partial charge in [0, 0.05) is 39.3 Å². The van der Waals surface area contributed by atoms with Crippen molar-refractivity contribution in [3.63, 3.8) is 0 Å². The fourth-order valence-corrected chi connectivity index (χ4v) is 3.58. The molecule has 0 aromatic carbocycles. The van der Waals surface area contributed by atoms with E-state index >= 15 is 0 Å². The summed E-state index contributed by atoms with van der Waals surface area (Å²) in [5, 5.41) is 0. The molecule has 0 radical (unpaired) electrons. The normalized spacial score (nSPS) is 23.1. The van der Waals surface area contributed by atoms with E-state index in [1.54, 1.807) is 0 Å². The van der Waals surface area contributed by atoms with Crippen LogP contribution in [0, 0.1) is 5.92 Å². The smallest absolute Gasteiger partial charge is 0.320 e. The van der Waals surface area contributed by atoms with Gasteiger partial charge in [-0.2, -0.15) is 0 Å². The number of piperidine rings is 1. The third-order valence-electron chi connectivity index (χ3n) is 4.79. The zero-order valence-corrected chi connectivity index (χ0v) is 14.1. The Hall–Kier alpha value is -0.880. The van der Waals surface area contributed by atoms with E-state index in [2.05, 4.69) is 18.7 Å². The van der Waals surface area contributed by atoms with E-state index in [0.29, 0.717) is 4.99 Å². The molecule has 2 rings (SSSR count). The Morgan fingerprint density at radius 3 is 2.14 bits per heavy atom. The summed E-state index contributed by atoms with van der Waals surface area (Å²) in [6, 6.07) is 0.387. The zero-order valence-electron chi connectivity index (χ0n) is 13.3. The number of nitrogens with two attached hydrogens (primary N) is 1. The van der Waals surface area contributed by atoms with Crippen LogP contribution in [0.3, 0.4) is 0 Å². The molecule has 2 saturated heterocycles. The molecule has 2 aliphatic rings. The molecule has 2 heterocycles. The lowest BCUT2D eigenvalue weighted by Gasteiger charge is -2.41. The summed E-state index contributed by atoms with van der Waals surface area (Å²) in [5.74, 6) is 0.752. The van der Waals surface area contributed by atoms with Crippen molar-refractivity contribution in [3.8, 4) is 0 Å². The number of urea groups is 1. The number of thiocarbonyl (C=S) groups is 1. The predicted molar refractivity (Wildman–Crippen MR) is 89.4 cm³/mol. The molecule has 2 fully saturated rings. The molecule has 1 unspecified atom stereocenters. The number of carbonyl (C=O) groups excluding carboxylic acids is 1. The number of hydrogen-bond acceptors (Lipinski definition) is 3. The average Bonchev–Trinajstić information content (AvgIpc) is 2.48. The molecule has 2 N–H and O–H groups in total. The Morgan fingerprint density at radius 1 is 1.14 bits per heavy atom. The van der Waals surface area contributed by atoms with E-state index in [1.807, 2.05) is 9.80 Å². The fraction of sp³-hybridized carbons (Fsp3) is 0.867. The number of likely N-dealkylation sites (tertiary alicyclic amines) is 1. The van der Waals surface area contributed by atoms with Gasteiger partial charge in [0.1, 0.15) is 0 Å². The maximum absolute atomic E-state index is 12.5. The molecule has 0 saturated carbocycles. The van der Waals surface area contributed by atoms with Crippen molar-refractivity contribution in [2.24, 2.45) is 11.7 Å². The summed E-state index contributed by atoms with van der Waals surface area (Å²) in [5.41, 5.74) is 5.80. The van der Waals surface area contributed by atoms with Crippen molar-refractivity contribution in [1.29, 1.82) is 0 Å². The molecule has 2 amide bonds. The first-order chi connectivity index (χ1) is 10.0. The maximum atomic E-state index is 12.5. The Bertz CT molecular complexity index is 374. The van der Waals surface area contributed by atoms with Crippen LogP contribution in [-0.2, 0) is 0 Å². The van der Waals surface area contributed by atoms with Crippen LogP contribution >= 0.6 is 12.2 Å². The van der Waals surface area contributed by atoms with Gasteiger partial charge in [-0.05, 0) is 25.2 Å². The second-order valence-corrected chi connectivity index (χ2v) is 6.77. The van der Waals surface area contributed by atoms with Crippen molar-refractivity contribution in [2.75, 3.05) is 39.3 Å². The second-order valence-electron chi connectivity index (χ2n) is 6.30. The van der Waals surface area contributed by atoms with Gasteiger partial charge in [0.15, 0.2) is 0 Å². The molecule has 0 aliphatic carbocycles. The highest BCUT2D eigenvalue weighted by atomic mass is 32.1. The lowest BCUT2D eigenvalue weighted by Crippen LogP contribution is -2.57. The molecule has 21 heavy (non-hydrogen) atoms. The van der Waals surface area contributed by atoms with E-state index in [4.69, 9.17) is 18.0 Å². The Kier molecular flexibility index (Phi) is 5.81. The molecule has 0 aromatic heterocycles. The van der Waals surface area contributed by atoms with Crippen LogP contribution in [-0.4, -0.2) is 71.0 Å². The second kappa shape index (κ2) is 7.40. The molecule has 1 atom stereocenters. The SMILES string of the molecule is CCC(C(N)=S)N1CCN(C(=O)N2CCC(C)CC2)CC1. The van der Waals surface area contributed by atoms with Crippen LogP contribution in [0.15, 0.2) is 0 Å². The van der Waals surface area contributed by atoms with Crippen molar-refractivity contribution in [3.05, 3.63) is 0 Å². The van der Waals surface area contributed by atoms with Crippen LogP contribution in [0.2, 0.25) is 0 Å². The summed E-state index contributed by atoms with van der Waals surface area (Å²) in [6.07, 6.45) is 3.20. The zero-order chi connectivity index (χ0) is 15.4. The monoisotopic (exact) mass is 312 g/mol. The van der Waals surface area contributed by atoms with Gasteiger partial charge in [-0.1, -0.05) is 26.1 Å². The lowest BCUT2D eigenvalue weighted by molar-refractivity contribution is 0.0952. The van der Waals surface area contributed by atoms with Gasteiger partial charge in [0.2, 0.25) is 0 Å². The highest BCUT2D eigenvalue weighted by Gasteiger charge is 2.29. The van der Waals surface area contributed by atoms with Crippen LogP contribution in [0.5, 0.6) is 0 Å². The number of nitrogens with zero attached hydrogens (tertiary/aromatic N) is 3. The number of piperazine rings is 1. The summed E-state index contributed by atoms with van der Waals surface area (Å²) < 4.78 is 0. The van der Waals surface area contributed by atoms with Crippen molar-refractivity contribution >= 4 is 23.2 Å². The van der Waals surface area contributed by atoms with Crippen LogP contribution in [0.4, 0.5) is 4.79 Å². The summed E-state index contributed by atoms with van der Waals surface area (Å²) in [4.78, 5) is 19.4. The van der Waals surface area contributed by atoms with E-state index in [-0.39, 0.29) is 12.1 Å². The van der Waals surface area contributed by atoms with Crippen LogP contribution in [0.1, 0.15) is 33.1 Å². The third-order valence-corrected chi connectivity index (χ3v) is 5.07. The molecule has 2 aliphatic heterocycles. The van der Waals surface area contributed by atoms with Gasteiger partial charge >= 0.3 is 6.03 Å². The van der Waals surface area contributed by atoms with Crippen LogP contribution in [0.25, 0.3) is 0 Å². The van der Waals surface area contributed by atoms with E-state index in [1.165, 1.54) is 0 Å². The maximum Gasteiger partial charge on any atom is 0.320 e. The fourth-order valence-electron chi connectivity index (χ4n) is 3.26. The standard InChI is InChI=1S/C15H28N4OS/c1-3-13(14(16)21)17-8-10-19(11-9-17)15(20)18-6-4-12(2)5-7-18/h12-13H,3-11H2,1-2H3,(H2,16,21). The van der Waals surface area contributed by atoms with Crippen LogP contribution < -0.4 is 5.73 Å². The van der Waals surface area contributed by atoms with Gasteiger partial charge in [0.25, 0.3) is 0 Å². The predicted octanol–water partition coefficient (Wildman–Crippen LogP) is 1.52. The number of rotatable bonds is 3. The Morgan fingerprint density at radius 2 is 1.67 bits per heavy atom.